The predicted octanol–water partition coefficient (Wildman–Crippen LogP) is 4.45. The van der Waals surface area contributed by atoms with E-state index in [1.807, 2.05) is 55.8 Å². The average Bonchev–Trinajstić information content (AvgIpc) is 3.21. The summed E-state index contributed by atoms with van der Waals surface area (Å²) in [5, 5.41) is 0. The highest BCUT2D eigenvalue weighted by Crippen LogP contribution is 2.28. The second kappa shape index (κ2) is 8.47. The number of nitrogens with zero attached hydrogens (tertiary/aromatic N) is 2. The Bertz CT molecular complexity index is 1040. The van der Waals surface area contributed by atoms with Crippen LogP contribution in [0.1, 0.15) is 28.7 Å². The van der Waals surface area contributed by atoms with E-state index in [2.05, 4.69) is 6.58 Å². The van der Waals surface area contributed by atoms with E-state index in [4.69, 9.17) is 13.9 Å². The molecule has 2 aromatic heterocycles. The van der Waals surface area contributed by atoms with E-state index in [0.717, 1.165) is 28.0 Å². The molecule has 2 heterocycles. The number of methoxy groups -OCH3 is 2. The van der Waals surface area contributed by atoms with Crippen LogP contribution in [-0.2, 0) is 13.0 Å². The Morgan fingerprint density at radius 1 is 1.17 bits per heavy atom. The van der Waals surface area contributed by atoms with Gasteiger partial charge < -0.3 is 23.4 Å². The standard InChI is InChI=1S/C23H28N2O4/c1-15(2)14-25-18-11-16(3)29-21(18)13-19(25)23(26)24(4)10-9-17-7-8-20(27-5)22(12-17)28-6/h7-8,11-13H,1,9-10,14H2,2-6H3. The van der Waals surface area contributed by atoms with Crippen molar-refractivity contribution in [1.29, 1.82) is 0 Å². The highest BCUT2D eigenvalue weighted by Gasteiger charge is 2.21. The Balaban J connectivity index is 1.78. The first-order chi connectivity index (χ1) is 13.8. The maximum absolute atomic E-state index is 13.1. The van der Waals surface area contributed by atoms with Crippen molar-refractivity contribution in [3.8, 4) is 11.5 Å². The maximum Gasteiger partial charge on any atom is 0.270 e. The Labute approximate surface area is 171 Å². The summed E-state index contributed by atoms with van der Waals surface area (Å²) >= 11 is 0. The topological polar surface area (TPSA) is 56.8 Å². The van der Waals surface area contributed by atoms with Crippen molar-refractivity contribution in [1.82, 2.24) is 9.47 Å². The zero-order valence-corrected chi connectivity index (χ0v) is 17.7. The lowest BCUT2D eigenvalue weighted by Crippen LogP contribution is -2.30. The molecule has 0 saturated heterocycles. The van der Waals surface area contributed by atoms with Crippen LogP contribution in [0.25, 0.3) is 11.1 Å². The molecule has 0 spiro atoms. The number of likely N-dealkylation sites (N-methyl/N-ethyl adjacent to an activating group) is 1. The van der Waals surface area contributed by atoms with Crippen LogP contribution >= 0.6 is 0 Å². The fourth-order valence-corrected chi connectivity index (χ4v) is 3.41. The van der Waals surface area contributed by atoms with E-state index >= 15 is 0 Å². The molecule has 1 aromatic carbocycles. The molecule has 0 radical (unpaired) electrons. The highest BCUT2D eigenvalue weighted by molar-refractivity contribution is 5.97. The van der Waals surface area contributed by atoms with Crippen molar-refractivity contribution in [2.24, 2.45) is 0 Å². The van der Waals surface area contributed by atoms with Crippen molar-refractivity contribution in [2.75, 3.05) is 27.8 Å². The minimum atomic E-state index is -0.0456. The van der Waals surface area contributed by atoms with Gasteiger partial charge in [0.2, 0.25) is 0 Å². The van der Waals surface area contributed by atoms with Crippen molar-refractivity contribution < 1.29 is 18.7 Å². The number of carbonyl (C=O) groups is 1. The summed E-state index contributed by atoms with van der Waals surface area (Å²) < 4.78 is 18.3. The SMILES string of the molecule is C=C(C)Cn1c(C(=O)N(C)CCc2ccc(OC)c(OC)c2)cc2oc(C)cc21. The highest BCUT2D eigenvalue weighted by atomic mass is 16.5. The number of furan rings is 1. The van der Waals surface area contributed by atoms with Gasteiger partial charge in [-0.3, -0.25) is 4.79 Å². The molecule has 3 aromatic rings. The van der Waals surface area contributed by atoms with E-state index in [0.29, 0.717) is 36.7 Å². The van der Waals surface area contributed by atoms with Crippen LogP contribution in [0.5, 0.6) is 11.5 Å². The summed E-state index contributed by atoms with van der Waals surface area (Å²) in [5.74, 6) is 2.16. The average molecular weight is 396 g/mol. The summed E-state index contributed by atoms with van der Waals surface area (Å²) in [6.07, 6.45) is 0.707. The fourth-order valence-electron chi connectivity index (χ4n) is 3.41. The molecule has 0 fully saturated rings. The van der Waals surface area contributed by atoms with Crippen LogP contribution in [-0.4, -0.2) is 43.2 Å². The van der Waals surface area contributed by atoms with E-state index < -0.39 is 0 Å². The largest absolute Gasteiger partial charge is 0.493 e. The zero-order chi connectivity index (χ0) is 21.1. The van der Waals surface area contributed by atoms with Gasteiger partial charge in [0.25, 0.3) is 5.91 Å². The van der Waals surface area contributed by atoms with Gasteiger partial charge in [-0.25, -0.2) is 0 Å². The number of rotatable bonds is 8. The molecule has 0 unspecified atom stereocenters. The number of aromatic nitrogens is 1. The Hall–Kier alpha value is -3.15. The lowest BCUT2D eigenvalue weighted by molar-refractivity contribution is 0.0787. The van der Waals surface area contributed by atoms with Gasteiger partial charge >= 0.3 is 0 Å². The van der Waals surface area contributed by atoms with Gasteiger partial charge in [-0.05, 0) is 38.0 Å². The number of aryl methyl sites for hydroxylation is 1. The van der Waals surface area contributed by atoms with E-state index in [9.17, 15) is 4.79 Å². The quantitative estimate of drug-likeness (QED) is 0.528. The minimum Gasteiger partial charge on any atom is -0.493 e. The third-order valence-electron chi connectivity index (χ3n) is 4.89. The van der Waals surface area contributed by atoms with Crippen molar-refractivity contribution in [2.45, 2.75) is 26.8 Å². The summed E-state index contributed by atoms with van der Waals surface area (Å²) in [4.78, 5) is 14.9. The minimum absolute atomic E-state index is 0.0456. The molecule has 154 valence electrons. The molecule has 6 nitrogen and oxygen atoms in total. The number of carbonyl (C=O) groups excluding carboxylic acids is 1. The van der Waals surface area contributed by atoms with Crippen LogP contribution in [0.15, 0.2) is 46.9 Å². The van der Waals surface area contributed by atoms with Gasteiger partial charge in [-0.1, -0.05) is 18.2 Å². The zero-order valence-electron chi connectivity index (χ0n) is 17.7. The molecule has 0 N–H and O–H groups in total. The fraction of sp³-hybridized carbons (Fsp3) is 0.348. The molecule has 0 aliphatic heterocycles. The second-order valence-corrected chi connectivity index (χ2v) is 7.35. The van der Waals surface area contributed by atoms with Gasteiger partial charge in [-0.15, -0.1) is 0 Å². The number of amides is 1. The van der Waals surface area contributed by atoms with E-state index in [1.54, 1.807) is 19.1 Å². The molecule has 6 heteroatoms. The van der Waals surface area contributed by atoms with Crippen LogP contribution < -0.4 is 9.47 Å². The lowest BCUT2D eigenvalue weighted by atomic mass is 10.1. The van der Waals surface area contributed by atoms with Crippen LogP contribution in [0.3, 0.4) is 0 Å². The van der Waals surface area contributed by atoms with Gasteiger partial charge in [0.05, 0.1) is 19.7 Å². The maximum atomic E-state index is 13.1. The van der Waals surface area contributed by atoms with E-state index in [-0.39, 0.29) is 5.91 Å². The summed E-state index contributed by atoms with van der Waals surface area (Å²) in [7, 11) is 5.04. The monoisotopic (exact) mass is 396 g/mol. The molecule has 0 bridgehead atoms. The normalized spacial score (nSPS) is 10.9. The number of fused-ring (bicyclic) bond motifs is 1. The molecule has 29 heavy (non-hydrogen) atoms. The molecule has 0 atom stereocenters. The summed E-state index contributed by atoms with van der Waals surface area (Å²) in [6, 6.07) is 9.58. The molecular weight excluding hydrogens is 368 g/mol. The molecule has 1 amide bonds. The number of ether oxygens (including phenoxy) is 2. The van der Waals surface area contributed by atoms with Crippen LogP contribution in [0.4, 0.5) is 0 Å². The Morgan fingerprint density at radius 3 is 2.55 bits per heavy atom. The second-order valence-electron chi connectivity index (χ2n) is 7.35. The van der Waals surface area contributed by atoms with E-state index in [1.165, 1.54) is 0 Å². The molecule has 0 saturated carbocycles. The summed E-state index contributed by atoms with van der Waals surface area (Å²) in [6.45, 7) is 9.01. The molecular formula is C23H28N2O4. The van der Waals surface area contributed by atoms with Crippen LogP contribution in [0, 0.1) is 6.92 Å². The smallest absolute Gasteiger partial charge is 0.270 e. The van der Waals surface area contributed by atoms with Gasteiger partial charge in [-0.2, -0.15) is 0 Å². The third-order valence-corrected chi connectivity index (χ3v) is 4.89. The Kier molecular flexibility index (Phi) is 6.01. The van der Waals surface area contributed by atoms with Crippen molar-refractivity contribution in [3.05, 3.63) is 59.5 Å². The number of hydrogen-bond donors (Lipinski definition) is 0. The molecule has 3 rings (SSSR count). The first kappa shape index (κ1) is 20.6. The number of hydrogen-bond acceptors (Lipinski definition) is 4. The van der Waals surface area contributed by atoms with Crippen molar-refractivity contribution in [3.63, 3.8) is 0 Å². The first-order valence-electron chi connectivity index (χ1n) is 9.54. The lowest BCUT2D eigenvalue weighted by Gasteiger charge is -2.19. The predicted molar refractivity (Wildman–Crippen MR) is 114 cm³/mol. The molecule has 0 aliphatic rings. The van der Waals surface area contributed by atoms with Gasteiger partial charge in [0, 0.05) is 32.3 Å². The van der Waals surface area contributed by atoms with Gasteiger partial charge in [0.1, 0.15) is 11.5 Å². The molecule has 0 aliphatic carbocycles. The van der Waals surface area contributed by atoms with Crippen molar-refractivity contribution >= 4 is 17.0 Å². The van der Waals surface area contributed by atoms with Gasteiger partial charge in [0.15, 0.2) is 17.1 Å². The number of benzene rings is 1. The third kappa shape index (κ3) is 4.31. The Morgan fingerprint density at radius 2 is 1.90 bits per heavy atom. The van der Waals surface area contributed by atoms with Crippen LogP contribution in [0.2, 0.25) is 0 Å². The first-order valence-corrected chi connectivity index (χ1v) is 9.54. The number of allylic oxidation sites excluding steroid dienone is 1. The summed E-state index contributed by atoms with van der Waals surface area (Å²) in [5.41, 5.74) is 4.30.